The third kappa shape index (κ3) is 7.66. The Morgan fingerprint density at radius 2 is 1.72 bits per heavy atom. The predicted octanol–water partition coefficient (Wildman–Crippen LogP) is 2.87. The molecule has 1 aliphatic rings. The van der Waals surface area contributed by atoms with Crippen molar-refractivity contribution in [3.63, 3.8) is 0 Å². The molecule has 1 amide bonds. The fourth-order valence-corrected chi connectivity index (χ4v) is 3.08. The van der Waals surface area contributed by atoms with Crippen LogP contribution in [0.5, 0.6) is 0 Å². The molecule has 0 bridgehead atoms. The van der Waals surface area contributed by atoms with E-state index in [4.69, 9.17) is 14.7 Å². The molecular weight excluding hydrogens is 372 g/mol. The van der Waals surface area contributed by atoms with E-state index in [0.29, 0.717) is 37.1 Å². The molecule has 0 N–H and O–H groups in total. The lowest BCUT2D eigenvalue weighted by atomic mass is 10.0. The first-order valence-electron chi connectivity index (χ1n) is 9.82. The molecule has 29 heavy (non-hydrogen) atoms. The molecular formula is C22H28N2O5. The fraction of sp³-hybridized carbons (Fsp3) is 0.545. The Hall–Kier alpha value is -2.72. The maximum absolute atomic E-state index is 12.4. The van der Waals surface area contributed by atoms with Crippen molar-refractivity contribution in [1.29, 1.82) is 5.26 Å². The molecule has 0 atom stereocenters. The number of Topliss-reactive ketones (excluding diaryl/α,β-unsaturated/α-hetero) is 1. The number of esters is 1. The van der Waals surface area contributed by atoms with Crippen molar-refractivity contribution in [3.05, 3.63) is 35.4 Å². The summed E-state index contributed by atoms with van der Waals surface area (Å²) in [7, 11) is 0. The van der Waals surface area contributed by atoms with Crippen LogP contribution in [0.25, 0.3) is 0 Å². The maximum atomic E-state index is 12.4. The van der Waals surface area contributed by atoms with Crippen LogP contribution < -0.4 is 0 Å². The van der Waals surface area contributed by atoms with Crippen molar-refractivity contribution in [3.8, 4) is 6.07 Å². The minimum atomic E-state index is -0.536. The molecule has 1 fully saturated rings. The molecule has 0 saturated carbocycles. The van der Waals surface area contributed by atoms with Gasteiger partial charge in [0.1, 0.15) is 12.2 Å². The second-order valence-corrected chi connectivity index (χ2v) is 8.09. The SMILES string of the molecule is CC(C)(C)OC(=O)COC1CCN(C(=O)CCC(=O)c2ccc(C#N)cc2)CC1. The van der Waals surface area contributed by atoms with Gasteiger partial charge in [-0.25, -0.2) is 4.79 Å². The van der Waals surface area contributed by atoms with Gasteiger partial charge in [-0.05, 0) is 45.7 Å². The quantitative estimate of drug-likeness (QED) is 0.516. The van der Waals surface area contributed by atoms with Crippen LogP contribution >= 0.6 is 0 Å². The zero-order valence-corrected chi connectivity index (χ0v) is 17.3. The predicted molar refractivity (Wildman–Crippen MR) is 106 cm³/mol. The lowest BCUT2D eigenvalue weighted by Crippen LogP contribution is -2.41. The number of amides is 1. The van der Waals surface area contributed by atoms with Gasteiger partial charge in [-0.2, -0.15) is 5.26 Å². The van der Waals surface area contributed by atoms with Crippen LogP contribution in [0.2, 0.25) is 0 Å². The van der Waals surface area contributed by atoms with Gasteiger partial charge < -0.3 is 14.4 Å². The minimum absolute atomic E-state index is 0.0578. The van der Waals surface area contributed by atoms with Crippen LogP contribution in [0.4, 0.5) is 0 Å². The smallest absolute Gasteiger partial charge is 0.332 e. The second-order valence-electron chi connectivity index (χ2n) is 8.09. The van der Waals surface area contributed by atoms with Gasteiger partial charge in [0, 0.05) is 31.5 Å². The summed E-state index contributed by atoms with van der Waals surface area (Å²) in [6.45, 7) is 6.42. The van der Waals surface area contributed by atoms with Crippen molar-refractivity contribution in [2.45, 2.75) is 58.2 Å². The number of likely N-dealkylation sites (tertiary alicyclic amines) is 1. The molecule has 1 aromatic rings. The Balaban J connectivity index is 1.69. The summed E-state index contributed by atoms with van der Waals surface area (Å²) >= 11 is 0. The first-order chi connectivity index (χ1) is 13.7. The molecule has 1 aliphatic heterocycles. The van der Waals surface area contributed by atoms with Gasteiger partial charge in [0.15, 0.2) is 5.78 Å². The molecule has 1 aromatic carbocycles. The van der Waals surface area contributed by atoms with E-state index < -0.39 is 11.6 Å². The molecule has 1 heterocycles. The largest absolute Gasteiger partial charge is 0.458 e. The molecule has 156 valence electrons. The molecule has 0 radical (unpaired) electrons. The van der Waals surface area contributed by atoms with Crippen LogP contribution in [0, 0.1) is 11.3 Å². The lowest BCUT2D eigenvalue weighted by molar-refractivity contribution is -0.163. The Bertz CT molecular complexity index is 766. The van der Waals surface area contributed by atoms with Gasteiger partial charge in [-0.3, -0.25) is 9.59 Å². The van der Waals surface area contributed by atoms with E-state index in [1.165, 1.54) is 0 Å². The van der Waals surface area contributed by atoms with Crippen LogP contribution in [0.15, 0.2) is 24.3 Å². The van der Waals surface area contributed by atoms with Gasteiger partial charge in [0.25, 0.3) is 0 Å². The highest BCUT2D eigenvalue weighted by atomic mass is 16.6. The molecule has 0 spiro atoms. The van der Waals surface area contributed by atoms with Crippen LogP contribution in [0.3, 0.4) is 0 Å². The zero-order valence-electron chi connectivity index (χ0n) is 17.3. The van der Waals surface area contributed by atoms with Gasteiger partial charge in [0.2, 0.25) is 5.91 Å². The number of ketones is 1. The lowest BCUT2D eigenvalue weighted by Gasteiger charge is -2.32. The van der Waals surface area contributed by atoms with Gasteiger partial charge in [-0.15, -0.1) is 0 Å². The highest BCUT2D eigenvalue weighted by Crippen LogP contribution is 2.16. The zero-order chi connectivity index (χ0) is 21.4. The highest BCUT2D eigenvalue weighted by Gasteiger charge is 2.25. The summed E-state index contributed by atoms with van der Waals surface area (Å²) in [6, 6.07) is 8.42. The number of hydrogen-bond donors (Lipinski definition) is 0. The molecule has 7 heteroatoms. The number of hydrogen-bond acceptors (Lipinski definition) is 6. The number of rotatable bonds is 7. The number of ether oxygens (including phenoxy) is 2. The summed E-state index contributed by atoms with van der Waals surface area (Å²) in [5.41, 5.74) is 0.464. The average Bonchev–Trinajstić information content (AvgIpc) is 2.69. The van der Waals surface area contributed by atoms with E-state index in [9.17, 15) is 14.4 Å². The van der Waals surface area contributed by atoms with Crippen LogP contribution in [-0.4, -0.2) is 54.0 Å². The average molecular weight is 400 g/mol. The van der Waals surface area contributed by atoms with Crippen LogP contribution in [0.1, 0.15) is 62.4 Å². The summed E-state index contributed by atoms with van der Waals surface area (Å²) < 4.78 is 10.8. The van der Waals surface area contributed by atoms with E-state index in [1.807, 2.05) is 6.07 Å². The van der Waals surface area contributed by atoms with E-state index in [2.05, 4.69) is 0 Å². The van der Waals surface area contributed by atoms with Crippen molar-refractivity contribution in [2.24, 2.45) is 0 Å². The molecule has 7 nitrogen and oxygen atoms in total. The molecule has 0 aromatic heterocycles. The molecule has 0 unspecified atom stereocenters. The number of carbonyl (C=O) groups is 3. The van der Waals surface area contributed by atoms with Crippen molar-refractivity contribution in [1.82, 2.24) is 4.90 Å². The van der Waals surface area contributed by atoms with E-state index in [-0.39, 0.29) is 37.2 Å². The third-order valence-electron chi connectivity index (χ3n) is 4.55. The monoisotopic (exact) mass is 400 g/mol. The minimum Gasteiger partial charge on any atom is -0.458 e. The van der Waals surface area contributed by atoms with E-state index in [1.54, 1.807) is 49.9 Å². The third-order valence-corrected chi connectivity index (χ3v) is 4.55. The standard InChI is InChI=1S/C22H28N2O5/c1-22(2,3)29-21(27)15-28-18-10-12-24(13-11-18)20(26)9-8-19(25)17-6-4-16(14-23)5-7-17/h4-7,18H,8-13,15H2,1-3H3. The van der Waals surface area contributed by atoms with Crippen molar-refractivity contribution >= 4 is 17.7 Å². The van der Waals surface area contributed by atoms with E-state index >= 15 is 0 Å². The number of nitrogens with zero attached hydrogens (tertiary/aromatic N) is 2. The van der Waals surface area contributed by atoms with E-state index in [0.717, 1.165) is 0 Å². The number of carbonyl (C=O) groups excluding carboxylic acids is 3. The second kappa shape index (κ2) is 10.2. The summed E-state index contributed by atoms with van der Waals surface area (Å²) in [5, 5.41) is 8.79. The van der Waals surface area contributed by atoms with Gasteiger partial charge >= 0.3 is 5.97 Å². The molecule has 1 saturated heterocycles. The Morgan fingerprint density at radius 3 is 2.28 bits per heavy atom. The number of benzene rings is 1. The highest BCUT2D eigenvalue weighted by molar-refractivity contribution is 5.98. The summed E-state index contributed by atoms with van der Waals surface area (Å²) in [5.74, 6) is -0.562. The first kappa shape index (κ1) is 22.6. The maximum Gasteiger partial charge on any atom is 0.332 e. The molecule has 2 rings (SSSR count). The Labute approximate surface area is 171 Å². The van der Waals surface area contributed by atoms with Gasteiger partial charge in [0.05, 0.1) is 17.7 Å². The Kier molecular flexibility index (Phi) is 7.91. The number of piperidine rings is 1. The molecule has 0 aliphatic carbocycles. The first-order valence-corrected chi connectivity index (χ1v) is 9.82. The van der Waals surface area contributed by atoms with Gasteiger partial charge in [-0.1, -0.05) is 12.1 Å². The fourth-order valence-electron chi connectivity index (χ4n) is 3.08. The van der Waals surface area contributed by atoms with Crippen molar-refractivity contribution in [2.75, 3.05) is 19.7 Å². The Morgan fingerprint density at radius 1 is 1.10 bits per heavy atom. The topological polar surface area (TPSA) is 96.7 Å². The summed E-state index contributed by atoms with van der Waals surface area (Å²) in [6.07, 6.45) is 1.52. The number of nitriles is 1. The van der Waals surface area contributed by atoms with Crippen LogP contribution in [-0.2, 0) is 19.1 Å². The van der Waals surface area contributed by atoms with Crippen molar-refractivity contribution < 1.29 is 23.9 Å². The summed E-state index contributed by atoms with van der Waals surface area (Å²) in [4.78, 5) is 38.0. The normalized spacial score (nSPS) is 14.9.